The van der Waals surface area contributed by atoms with Gasteiger partial charge in [-0.25, -0.2) is 0 Å². The van der Waals surface area contributed by atoms with Crippen molar-refractivity contribution in [3.05, 3.63) is 53.6 Å². The van der Waals surface area contributed by atoms with E-state index in [1.165, 1.54) is 37.1 Å². The quantitative estimate of drug-likeness (QED) is 0.732. The van der Waals surface area contributed by atoms with Gasteiger partial charge in [0.15, 0.2) is 0 Å². The number of amides is 1. The first-order valence-electron chi connectivity index (χ1n) is 11.2. The molecule has 3 atom stereocenters. The van der Waals surface area contributed by atoms with E-state index in [1.54, 1.807) is 0 Å². The third-order valence-corrected chi connectivity index (χ3v) is 7.15. The molecule has 0 aliphatic carbocycles. The van der Waals surface area contributed by atoms with Crippen LogP contribution in [0.4, 0.5) is 17.1 Å². The van der Waals surface area contributed by atoms with E-state index in [4.69, 9.17) is 0 Å². The van der Waals surface area contributed by atoms with Crippen molar-refractivity contribution in [3.8, 4) is 0 Å². The summed E-state index contributed by atoms with van der Waals surface area (Å²) in [6.45, 7) is 8.06. The number of carbonyl (C=O) groups excluding carboxylic acids is 1. The van der Waals surface area contributed by atoms with Crippen molar-refractivity contribution in [1.82, 2.24) is 9.80 Å². The molecule has 2 aromatic rings. The molecule has 5 nitrogen and oxygen atoms in total. The zero-order valence-electron chi connectivity index (χ0n) is 18.7. The fourth-order valence-corrected chi connectivity index (χ4v) is 5.56. The van der Waals surface area contributed by atoms with Gasteiger partial charge in [-0.3, -0.25) is 9.28 Å². The van der Waals surface area contributed by atoms with Gasteiger partial charge in [0.25, 0.3) is 5.91 Å². The van der Waals surface area contributed by atoms with Crippen LogP contribution in [-0.2, 0) is 0 Å². The van der Waals surface area contributed by atoms with Gasteiger partial charge in [0.2, 0.25) is 0 Å². The molecule has 0 aromatic heterocycles. The second-order valence-electron chi connectivity index (χ2n) is 9.19. The summed E-state index contributed by atoms with van der Waals surface area (Å²) in [5.74, 6) is -0.0655. The average Bonchev–Trinajstić information content (AvgIpc) is 3.39. The van der Waals surface area contributed by atoms with Crippen LogP contribution in [0, 0.1) is 6.92 Å². The predicted octanol–water partition coefficient (Wildman–Crippen LogP) is 4.16. The Morgan fingerprint density at radius 1 is 1.17 bits per heavy atom. The van der Waals surface area contributed by atoms with E-state index >= 15 is 0 Å². The second kappa shape index (κ2) is 8.40. The third-order valence-electron chi connectivity index (χ3n) is 7.15. The number of quaternary nitrogens is 1. The van der Waals surface area contributed by atoms with Crippen LogP contribution < -0.4 is 20.0 Å². The van der Waals surface area contributed by atoms with Crippen molar-refractivity contribution in [2.75, 3.05) is 43.9 Å². The molecule has 1 amide bonds. The highest BCUT2D eigenvalue weighted by Gasteiger charge is 2.48. The molecule has 0 saturated carbocycles. The summed E-state index contributed by atoms with van der Waals surface area (Å²) in [7, 11) is 3.97. The fourth-order valence-electron chi connectivity index (χ4n) is 5.56. The number of aryl methyl sites for hydroxylation is 1. The van der Waals surface area contributed by atoms with E-state index < -0.39 is 0 Å². The number of hydrogen-bond donors (Lipinski definition) is 2. The largest absolute Gasteiger partial charge is 0.378 e. The van der Waals surface area contributed by atoms with Gasteiger partial charge in [-0.2, -0.15) is 0 Å². The van der Waals surface area contributed by atoms with Crippen LogP contribution in [0.25, 0.3) is 0 Å². The van der Waals surface area contributed by atoms with Gasteiger partial charge in [-0.1, -0.05) is 6.07 Å². The van der Waals surface area contributed by atoms with Crippen LogP contribution in [-0.4, -0.2) is 51.7 Å². The molecule has 2 fully saturated rings. The Bertz CT molecular complexity index is 919. The maximum absolute atomic E-state index is 12.8. The lowest BCUT2D eigenvalue weighted by molar-refractivity contribution is 0.102. The Balaban J connectivity index is 1.59. The van der Waals surface area contributed by atoms with E-state index in [-0.39, 0.29) is 5.91 Å². The van der Waals surface area contributed by atoms with Crippen LogP contribution >= 0.6 is 0 Å². The number of carbonyl (C=O) groups is 1. The van der Waals surface area contributed by atoms with Gasteiger partial charge in [-0.05, 0) is 44.2 Å². The maximum Gasteiger partial charge on any atom is 0.255 e. The number of hydrogen-bond acceptors (Lipinski definition) is 3. The number of rotatable bonds is 5. The van der Waals surface area contributed by atoms with Crippen molar-refractivity contribution in [2.45, 2.75) is 45.2 Å². The Hall–Kier alpha value is -2.37. The van der Waals surface area contributed by atoms with Crippen molar-refractivity contribution in [1.29, 1.82) is 0 Å². The normalized spacial score (nSPS) is 26.0. The molecule has 0 bridgehead atoms. The van der Waals surface area contributed by atoms with Crippen LogP contribution in [0.15, 0.2) is 42.5 Å². The lowest BCUT2D eigenvalue weighted by Crippen LogP contribution is -2.60. The Kier molecular flexibility index (Phi) is 5.85. The molecule has 2 heterocycles. The summed E-state index contributed by atoms with van der Waals surface area (Å²) in [6, 6.07) is 15.5. The summed E-state index contributed by atoms with van der Waals surface area (Å²) in [5.41, 5.74) is 5.27. The molecule has 2 aliphatic rings. The molecular formula is C25H35N4O+. The highest BCUT2D eigenvalue weighted by atomic mass is 16.1. The Labute approximate surface area is 180 Å². The summed E-state index contributed by atoms with van der Waals surface area (Å²) in [4.78, 5) is 14.8. The Morgan fingerprint density at radius 2 is 2.00 bits per heavy atom. The molecule has 2 saturated heterocycles. The van der Waals surface area contributed by atoms with Crippen LogP contribution in [0.1, 0.15) is 42.1 Å². The van der Waals surface area contributed by atoms with Gasteiger partial charge >= 0.3 is 0 Å². The van der Waals surface area contributed by atoms with Crippen molar-refractivity contribution in [3.63, 3.8) is 0 Å². The average molecular weight is 408 g/mol. The first-order valence-corrected chi connectivity index (χ1v) is 11.2. The molecule has 2 N–H and O–H groups in total. The van der Waals surface area contributed by atoms with Gasteiger partial charge < -0.3 is 15.5 Å². The zero-order chi connectivity index (χ0) is 21.3. The SMILES string of the molecule is Cc1cc(NC(=O)c2cccc(N(C)C)c2)ccc1[N+]1(C2CCNC2)CCCC1C. The summed E-state index contributed by atoms with van der Waals surface area (Å²) in [6.07, 6.45) is 3.82. The number of anilines is 2. The Morgan fingerprint density at radius 3 is 2.63 bits per heavy atom. The van der Waals surface area contributed by atoms with E-state index in [9.17, 15) is 4.79 Å². The monoisotopic (exact) mass is 407 g/mol. The van der Waals surface area contributed by atoms with Crippen molar-refractivity contribution < 1.29 is 4.79 Å². The molecule has 3 unspecified atom stereocenters. The maximum atomic E-state index is 12.8. The molecule has 0 spiro atoms. The minimum atomic E-state index is -0.0655. The smallest absolute Gasteiger partial charge is 0.255 e. The summed E-state index contributed by atoms with van der Waals surface area (Å²) in [5, 5.41) is 6.68. The lowest BCUT2D eigenvalue weighted by Gasteiger charge is -2.44. The predicted molar refractivity (Wildman–Crippen MR) is 127 cm³/mol. The number of nitrogens with zero attached hydrogens (tertiary/aromatic N) is 2. The highest BCUT2D eigenvalue weighted by molar-refractivity contribution is 6.05. The zero-order valence-corrected chi connectivity index (χ0v) is 18.7. The first-order chi connectivity index (χ1) is 14.4. The molecule has 2 aliphatic heterocycles. The van der Waals surface area contributed by atoms with E-state index in [0.29, 0.717) is 17.6 Å². The molecule has 4 rings (SSSR count). The minimum absolute atomic E-state index is 0.0655. The molecule has 0 radical (unpaired) electrons. The van der Waals surface area contributed by atoms with E-state index in [2.05, 4.69) is 42.7 Å². The number of nitrogens with one attached hydrogen (secondary N) is 2. The molecule has 30 heavy (non-hydrogen) atoms. The van der Waals surface area contributed by atoms with E-state index in [0.717, 1.165) is 28.9 Å². The van der Waals surface area contributed by atoms with Crippen molar-refractivity contribution >= 4 is 23.0 Å². The first kappa shape index (κ1) is 20.9. The lowest BCUT2D eigenvalue weighted by atomic mass is 10.0. The fraction of sp³-hybridized carbons (Fsp3) is 0.480. The standard InChI is InChI=1S/C25H34N4O/c1-18-15-21(27-25(30)20-8-5-9-22(16-20)28(3)4)10-11-24(18)29(14-6-7-19(29)2)23-12-13-26-17-23/h5,8-11,15-16,19,23,26H,6-7,12-14,17H2,1-4H3/p+1. The molecular weight excluding hydrogens is 372 g/mol. The summed E-state index contributed by atoms with van der Waals surface area (Å²) < 4.78 is 1.10. The second-order valence-corrected chi connectivity index (χ2v) is 9.19. The van der Waals surface area contributed by atoms with Gasteiger partial charge in [0.05, 0.1) is 12.6 Å². The van der Waals surface area contributed by atoms with Crippen molar-refractivity contribution in [2.24, 2.45) is 0 Å². The highest BCUT2D eigenvalue weighted by Crippen LogP contribution is 2.41. The molecule has 160 valence electrons. The number of likely N-dealkylation sites (tertiary alicyclic amines) is 1. The van der Waals surface area contributed by atoms with Gasteiger partial charge in [0.1, 0.15) is 11.7 Å². The number of benzene rings is 2. The van der Waals surface area contributed by atoms with Crippen LogP contribution in [0.3, 0.4) is 0 Å². The van der Waals surface area contributed by atoms with Gasteiger partial charge in [0, 0.05) is 75.0 Å². The molecule has 5 heteroatoms. The van der Waals surface area contributed by atoms with Crippen LogP contribution in [0.5, 0.6) is 0 Å². The van der Waals surface area contributed by atoms with Crippen LogP contribution in [0.2, 0.25) is 0 Å². The molecule has 2 aromatic carbocycles. The van der Waals surface area contributed by atoms with Gasteiger partial charge in [-0.15, -0.1) is 0 Å². The third kappa shape index (κ3) is 3.72. The minimum Gasteiger partial charge on any atom is -0.378 e. The van der Waals surface area contributed by atoms with E-state index in [1.807, 2.05) is 43.3 Å². The topological polar surface area (TPSA) is 44.4 Å². The summed E-state index contributed by atoms with van der Waals surface area (Å²) >= 11 is 0.